The molecule has 25 heavy (non-hydrogen) atoms. The van der Waals surface area contributed by atoms with E-state index in [1.807, 2.05) is 68.6 Å². The van der Waals surface area contributed by atoms with Crippen molar-refractivity contribution in [3.8, 4) is 0 Å². The van der Waals surface area contributed by atoms with E-state index in [1.54, 1.807) is 6.07 Å². The van der Waals surface area contributed by atoms with E-state index in [9.17, 15) is 9.59 Å². The first-order chi connectivity index (χ1) is 11.9. The van der Waals surface area contributed by atoms with Crippen molar-refractivity contribution in [2.24, 2.45) is 0 Å². The van der Waals surface area contributed by atoms with Gasteiger partial charge < -0.3 is 4.90 Å². The summed E-state index contributed by atoms with van der Waals surface area (Å²) in [5, 5.41) is 2.14. The molecular formula is C19H20N2O2S2. The molecule has 0 aliphatic carbocycles. The smallest absolute Gasteiger partial charge is 0.272 e. The van der Waals surface area contributed by atoms with Crippen LogP contribution in [0.3, 0.4) is 0 Å². The summed E-state index contributed by atoms with van der Waals surface area (Å²) in [6, 6.07) is 11.3. The van der Waals surface area contributed by atoms with Gasteiger partial charge in [-0.2, -0.15) is 0 Å². The number of amides is 2. The number of benzene rings is 1. The van der Waals surface area contributed by atoms with Gasteiger partial charge in [0.1, 0.15) is 0 Å². The maximum absolute atomic E-state index is 13.1. The molecule has 0 saturated carbocycles. The zero-order valence-electron chi connectivity index (χ0n) is 14.6. The van der Waals surface area contributed by atoms with E-state index in [1.165, 1.54) is 28.0 Å². The van der Waals surface area contributed by atoms with Crippen molar-refractivity contribution in [3.63, 3.8) is 0 Å². The van der Waals surface area contributed by atoms with Gasteiger partial charge in [0.2, 0.25) is 0 Å². The van der Waals surface area contributed by atoms with Gasteiger partial charge >= 0.3 is 0 Å². The van der Waals surface area contributed by atoms with Gasteiger partial charge in [-0.15, -0.1) is 23.1 Å². The number of hydrogen-bond acceptors (Lipinski definition) is 5. The lowest BCUT2D eigenvalue weighted by molar-refractivity contribution is -0.119. The largest absolute Gasteiger partial charge is 0.378 e. The molecule has 2 heterocycles. The number of carbonyl (C=O) groups excluding carboxylic acids is 2. The summed E-state index contributed by atoms with van der Waals surface area (Å²) in [5.74, 6) is -0.477. The lowest BCUT2D eigenvalue weighted by Crippen LogP contribution is -2.31. The summed E-state index contributed by atoms with van der Waals surface area (Å²) in [6.07, 6.45) is 0. The summed E-state index contributed by atoms with van der Waals surface area (Å²) < 4.78 is 0. The second-order valence-electron chi connectivity index (χ2n) is 6.21. The van der Waals surface area contributed by atoms with Crippen molar-refractivity contribution >= 4 is 51.9 Å². The Labute approximate surface area is 156 Å². The molecule has 2 aromatic rings. The molecule has 1 aromatic heterocycles. The Morgan fingerprint density at radius 2 is 1.84 bits per heavy atom. The van der Waals surface area contributed by atoms with Crippen LogP contribution in [0.5, 0.6) is 0 Å². The summed E-state index contributed by atoms with van der Waals surface area (Å²) >= 11 is 2.94. The highest BCUT2D eigenvalue weighted by atomic mass is 32.2. The van der Waals surface area contributed by atoms with Gasteiger partial charge in [-0.25, -0.2) is 4.90 Å². The Morgan fingerprint density at radius 3 is 2.44 bits per heavy atom. The predicted molar refractivity (Wildman–Crippen MR) is 107 cm³/mol. The van der Waals surface area contributed by atoms with Gasteiger partial charge in [0.15, 0.2) is 0 Å². The van der Waals surface area contributed by atoms with Gasteiger partial charge in [-0.3, -0.25) is 9.59 Å². The maximum atomic E-state index is 13.1. The van der Waals surface area contributed by atoms with E-state index in [4.69, 9.17) is 0 Å². The standard InChI is InChI=1S/C19H20N2O2S2/c1-12(2)25-17-16(15-9-6-10-24-15)18(22)21(19(17)23)14-8-5-7-13(11-14)20(3)4/h5-12H,1-4H3. The third-order valence-corrected chi connectivity index (χ3v) is 5.74. The molecule has 4 nitrogen and oxygen atoms in total. The molecule has 0 bridgehead atoms. The summed E-state index contributed by atoms with van der Waals surface area (Å²) in [7, 11) is 3.87. The number of anilines is 2. The first-order valence-corrected chi connectivity index (χ1v) is 9.77. The number of nitrogens with zero attached hydrogens (tertiary/aromatic N) is 2. The molecule has 0 spiro atoms. The van der Waals surface area contributed by atoms with Crippen molar-refractivity contribution < 1.29 is 9.59 Å². The number of rotatable bonds is 5. The van der Waals surface area contributed by atoms with Crippen LogP contribution in [-0.4, -0.2) is 31.2 Å². The highest BCUT2D eigenvalue weighted by molar-refractivity contribution is 8.04. The molecule has 130 valence electrons. The molecular weight excluding hydrogens is 352 g/mol. The molecule has 6 heteroatoms. The van der Waals surface area contributed by atoms with Crippen LogP contribution in [0.4, 0.5) is 11.4 Å². The van der Waals surface area contributed by atoms with E-state index in [0.717, 1.165) is 10.6 Å². The van der Waals surface area contributed by atoms with E-state index >= 15 is 0 Å². The molecule has 1 aliphatic heterocycles. The Kier molecular flexibility index (Phi) is 5.01. The minimum absolute atomic E-state index is 0.217. The van der Waals surface area contributed by atoms with Crippen molar-refractivity contribution in [2.45, 2.75) is 19.1 Å². The van der Waals surface area contributed by atoms with Crippen LogP contribution in [0.15, 0.2) is 46.7 Å². The van der Waals surface area contributed by atoms with Crippen LogP contribution < -0.4 is 9.80 Å². The number of thiophene rings is 1. The highest BCUT2D eigenvalue weighted by Crippen LogP contribution is 2.41. The van der Waals surface area contributed by atoms with Crippen LogP contribution in [0.25, 0.3) is 5.57 Å². The molecule has 3 rings (SSSR count). The zero-order chi connectivity index (χ0) is 18.1. The molecule has 0 unspecified atom stereocenters. The third-order valence-electron chi connectivity index (χ3n) is 3.77. The van der Waals surface area contributed by atoms with E-state index in [0.29, 0.717) is 16.2 Å². The Hall–Kier alpha value is -2.05. The average molecular weight is 373 g/mol. The van der Waals surface area contributed by atoms with E-state index in [2.05, 4.69) is 0 Å². The minimum Gasteiger partial charge on any atom is -0.378 e. The lowest BCUT2D eigenvalue weighted by Gasteiger charge is -2.19. The van der Waals surface area contributed by atoms with Gasteiger partial charge in [-0.05, 0) is 29.6 Å². The number of thioether (sulfide) groups is 1. The molecule has 1 aromatic carbocycles. The third kappa shape index (κ3) is 3.37. The van der Waals surface area contributed by atoms with Gasteiger partial charge in [0, 0.05) is 29.9 Å². The van der Waals surface area contributed by atoms with E-state index < -0.39 is 0 Å². The van der Waals surface area contributed by atoms with Crippen LogP contribution in [0.1, 0.15) is 18.7 Å². The number of carbonyl (C=O) groups is 2. The maximum Gasteiger partial charge on any atom is 0.272 e. The zero-order valence-corrected chi connectivity index (χ0v) is 16.3. The van der Waals surface area contributed by atoms with Crippen LogP contribution in [0, 0.1) is 0 Å². The van der Waals surface area contributed by atoms with Crippen LogP contribution in [-0.2, 0) is 9.59 Å². The normalized spacial score (nSPS) is 14.8. The molecule has 0 atom stereocenters. The second-order valence-corrected chi connectivity index (χ2v) is 8.74. The Balaban J connectivity index is 2.07. The number of imide groups is 1. The van der Waals surface area contributed by atoms with Crippen molar-refractivity contribution in [1.82, 2.24) is 0 Å². The quantitative estimate of drug-likeness (QED) is 0.736. The topological polar surface area (TPSA) is 40.6 Å². The minimum atomic E-state index is -0.244. The fourth-order valence-electron chi connectivity index (χ4n) is 2.64. The highest BCUT2D eigenvalue weighted by Gasteiger charge is 2.41. The van der Waals surface area contributed by atoms with Crippen molar-refractivity contribution in [3.05, 3.63) is 51.6 Å². The number of hydrogen-bond donors (Lipinski definition) is 0. The summed E-state index contributed by atoms with van der Waals surface area (Å²) in [4.78, 5) is 30.8. The Bertz CT molecular complexity index is 839. The van der Waals surface area contributed by atoms with Crippen molar-refractivity contribution in [2.75, 3.05) is 23.9 Å². The van der Waals surface area contributed by atoms with Crippen LogP contribution in [0.2, 0.25) is 0 Å². The summed E-state index contributed by atoms with van der Waals surface area (Å²) in [6.45, 7) is 4.05. The van der Waals surface area contributed by atoms with Gasteiger partial charge in [0.05, 0.1) is 16.2 Å². The fourth-order valence-corrected chi connectivity index (χ4v) is 4.45. The molecule has 0 N–H and O–H groups in total. The first kappa shape index (κ1) is 17.8. The van der Waals surface area contributed by atoms with Gasteiger partial charge in [0.25, 0.3) is 11.8 Å². The SMILES string of the molecule is CC(C)SC1=C(c2cccs2)C(=O)N(c2cccc(N(C)C)c2)C1=O. The predicted octanol–water partition coefficient (Wildman–Crippen LogP) is 4.24. The van der Waals surface area contributed by atoms with E-state index in [-0.39, 0.29) is 17.1 Å². The lowest BCUT2D eigenvalue weighted by atomic mass is 10.2. The monoisotopic (exact) mass is 372 g/mol. The van der Waals surface area contributed by atoms with Crippen LogP contribution >= 0.6 is 23.1 Å². The fraction of sp³-hybridized carbons (Fsp3) is 0.263. The molecule has 0 saturated heterocycles. The molecule has 1 aliphatic rings. The Morgan fingerprint density at radius 1 is 1.08 bits per heavy atom. The van der Waals surface area contributed by atoms with Gasteiger partial charge in [-0.1, -0.05) is 26.0 Å². The molecule has 0 radical (unpaired) electrons. The average Bonchev–Trinajstić information content (AvgIpc) is 3.15. The summed E-state index contributed by atoms with van der Waals surface area (Å²) in [5.41, 5.74) is 2.07. The molecule has 2 amide bonds. The first-order valence-electron chi connectivity index (χ1n) is 8.01. The molecule has 0 fully saturated rings. The van der Waals surface area contributed by atoms with Crippen molar-refractivity contribution in [1.29, 1.82) is 0 Å². The second kappa shape index (κ2) is 7.06.